The van der Waals surface area contributed by atoms with E-state index in [0.29, 0.717) is 0 Å². The zero-order chi connectivity index (χ0) is 5.70. The topological polar surface area (TPSA) is 64.3 Å². The van der Waals surface area contributed by atoms with Crippen molar-refractivity contribution in [1.82, 2.24) is 5.43 Å². The number of hydrazine groups is 1. The summed E-state index contributed by atoms with van der Waals surface area (Å²) in [6, 6.07) is 0. The molecule has 0 aliphatic rings. The first-order chi connectivity index (χ1) is 3.31. The minimum absolute atomic E-state index is 0.632. The van der Waals surface area contributed by atoms with Gasteiger partial charge >= 0.3 is 6.09 Å². The van der Waals surface area contributed by atoms with Crippen molar-refractivity contribution in [3.8, 4) is 0 Å². The third kappa shape index (κ3) is 3.41. The van der Waals surface area contributed by atoms with Crippen molar-refractivity contribution in [2.24, 2.45) is 5.84 Å². The third-order valence-corrected chi connectivity index (χ3v) is 0.595. The van der Waals surface area contributed by atoms with Crippen LogP contribution in [0.25, 0.3) is 0 Å². The van der Waals surface area contributed by atoms with Gasteiger partial charge in [-0.2, -0.15) is 0 Å². The maximum absolute atomic E-state index is 9.93. The Morgan fingerprint density at radius 1 is 2.00 bits per heavy atom. The minimum Gasteiger partial charge on any atom is -0.374 e. The van der Waals surface area contributed by atoms with E-state index in [1.165, 1.54) is 0 Å². The number of hydrogen-bond donors (Lipinski definition) is 2. The predicted octanol–water partition coefficient (Wildman–Crippen LogP) is -0.136. The van der Waals surface area contributed by atoms with Crippen LogP contribution in [0.2, 0.25) is 0 Å². The monoisotopic (exact) mass is 122 g/mol. The molecule has 0 unspecified atom stereocenters. The van der Waals surface area contributed by atoms with Crippen LogP contribution in [0.15, 0.2) is 0 Å². The third-order valence-electron chi connectivity index (χ3n) is 0.277. The first-order valence-electron chi connectivity index (χ1n) is 1.52. The van der Waals surface area contributed by atoms with Gasteiger partial charge in [-0.25, -0.2) is 10.6 Å². The van der Waals surface area contributed by atoms with E-state index in [9.17, 15) is 4.79 Å². The van der Waals surface area contributed by atoms with E-state index >= 15 is 0 Å². The van der Waals surface area contributed by atoms with Gasteiger partial charge in [0.1, 0.15) is 0 Å². The summed E-state index contributed by atoms with van der Waals surface area (Å²) in [6.45, 7) is 0. The van der Waals surface area contributed by atoms with E-state index in [1.54, 1.807) is 11.7 Å². The van der Waals surface area contributed by atoms with Crippen LogP contribution >= 0.6 is 12.0 Å². The molecule has 0 aromatic rings. The van der Waals surface area contributed by atoms with Gasteiger partial charge in [0.15, 0.2) is 0 Å². The number of carbonyl (C=O) groups is 1. The lowest BCUT2D eigenvalue weighted by Gasteiger charge is -1.93. The largest absolute Gasteiger partial charge is 0.433 e. The van der Waals surface area contributed by atoms with Gasteiger partial charge < -0.3 is 4.18 Å². The number of rotatable bonds is 1. The summed E-state index contributed by atoms with van der Waals surface area (Å²) in [7, 11) is 0. The predicted molar refractivity (Wildman–Crippen MR) is 27.3 cm³/mol. The molecular weight excluding hydrogens is 116 g/mol. The van der Waals surface area contributed by atoms with Gasteiger partial charge in [0.2, 0.25) is 0 Å². The summed E-state index contributed by atoms with van der Waals surface area (Å²) >= 11 is 0.942. The molecule has 0 aromatic carbocycles. The van der Waals surface area contributed by atoms with Gasteiger partial charge in [-0.05, 0) is 0 Å². The second-order valence-corrected chi connectivity index (χ2v) is 1.18. The molecule has 0 saturated carbocycles. The lowest BCUT2D eigenvalue weighted by Crippen LogP contribution is -2.28. The van der Waals surface area contributed by atoms with Crippen molar-refractivity contribution < 1.29 is 8.98 Å². The Morgan fingerprint density at radius 3 is 2.71 bits per heavy atom. The molecule has 3 N–H and O–H groups in total. The van der Waals surface area contributed by atoms with Crippen LogP contribution in [0.4, 0.5) is 4.79 Å². The van der Waals surface area contributed by atoms with Crippen LogP contribution < -0.4 is 11.3 Å². The lowest BCUT2D eigenvalue weighted by molar-refractivity contribution is 0.209. The van der Waals surface area contributed by atoms with Crippen LogP contribution in [-0.4, -0.2) is 12.3 Å². The van der Waals surface area contributed by atoms with Gasteiger partial charge in [0, 0.05) is 6.26 Å². The maximum Gasteiger partial charge on any atom is 0.433 e. The van der Waals surface area contributed by atoms with E-state index in [2.05, 4.69) is 10.0 Å². The second-order valence-electron chi connectivity index (χ2n) is 0.682. The molecule has 0 saturated heterocycles. The molecular formula is C2H6N2O2S. The zero-order valence-electron chi connectivity index (χ0n) is 3.80. The molecule has 0 bridgehead atoms. The second kappa shape index (κ2) is 3.76. The van der Waals surface area contributed by atoms with Crippen molar-refractivity contribution >= 4 is 18.1 Å². The summed E-state index contributed by atoms with van der Waals surface area (Å²) in [5.74, 6) is 4.62. The van der Waals surface area contributed by atoms with E-state index in [1.807, 2.05) is 0 Å². The van der Waals surface area contributed by atoms with Crippen LogP contribution in [0.3, 0.4) is 0 Å². The van der Waals surface area contributed by atoms with Gasteiger partial charge in [0.25, 0.3) is 0 Å². The molecule has 5 heteroatoms. The highest BCUT2D eigenvalue weighted by Crippen LogP contribution is 1.91. The molecule has 0 spiro atoms. The Labute approximate surface area is 45.6 Å². The summed E-state index contributed by atoms with van der Waals surface area (Å²) in [6.07, 6.45) is 0.988. The average Bonchev–Trinajstić information content (AvgIpc) is 1.68. The lowest BCUT2D eigenvalue weighted by atomic mass is 11.3. The number of carbonyl (C=O) groups excluding carboxylic acids is 1. The average molecular weight is 122 g/mol. The first-order valence-corrected chi connectivity index (χ1v) is 2.67. The van der Waals surface area contributed by atoms with Crippen molar-refractivity contribution in [2.75, 3.05) is 6.26 Å². The van der Waals surface area contributed by atoms with Crippen molar-refractivity contribution in [3.63, 3.8) is 0 Å². The maximum atomic E-state index is 9.93. The number of amides is 1. The van der Waals surface area contributed by atoms with Crippen LogP contribution in [0.1, 0.15) is 0 Å². The Balaban J connectivity index is 3.00. The number of nitrogens with one attached hydrogen (secondary N) is 1. The molecule has 0 radical (unpaired) electrons. The molecule has 42 valence electrons. The fraction of sp³-hybridized carbons (Fsp3) is 0.500. The Morgan fingerprint density at radius 2 is 2.57 bits per heavy atom. The molecule has 4 nitrogen and oxygen atoms in total. The summed E-state index contributed by atoms with van der Waals surface area (Å²) in [4.78, 5) is 9.93. The minimum atomic E-state index is -0.632. The molecule has 1 amide bonds. The standard InChI is InChI=1S/C2H6N2O2S/c1-7-6-2(5)4-3/h3H2,1H3,(H,4,5). The van der Waals surface area contributed by atoms with E-state index in [4.69, 9.17) is 0 Å². The van der Waals surface area contributed by atoms with Gasteiger partial charge in [0.05, 0.1) is 12.0 Å². The highest BCUT2D eigenvalue weighted by Gasteiger charge is 1.91. The summed E-state index contributed by atoms with van der Waals surface area (Å²) < 4.78 is 4.23. The highest BCUT2D eigenvalue weighted by atomic mass is 32.2. The molecule has 7 heavy (non-hydrogen) atoms. The van der Waals surface area contributed by atoms with Crippen LogP contribution in [0, 0.1) is 0 Å². The van der Waals surface area contributed by atoms with Crippen LogP contribution in [-0.2, 0) is 4.18 Å². The molecule has 0 rings (SSSR count). The van der Waals surface area contributed by atoms with E-state index < -0.39 is 6.09 Å². The summed E-state index contributed by atoms with van der Waals surface area (Å²) in [5.41, 5.74) is 1.78. The van der Waals surface area contributed by atoms with Crippen LogP contribution in [0.5, 0.6) is 0 Å². The summed E-state index contributed by atoms with van der Waals surface area (Å²) in [5, 5.41) is 0. The van der Waals surface area contributed by atoms with Crippen molar-refractivity contribution in [2.45, 2.75) is 0 Å². The van der Waals surface area contributed by atoms with Crippen molar-refractivity contribution in [3.05, 3.63) is 0 Å². The highest BCUT2D eigenvalue weighted by molar-refractivity contribution is 7.94. The fourth-order valence-corrected chi connectivity index (χ4v) is 0.299. The first kappa shape index (κ1) is 6.58. The quantitative estimate of drug-likeness (QED) is 0.220. The fourth-order valence-electron chi connectivity index (χ4n) is 0.0997. The van der Waals surface area contributed by atoms with E-state index in [0.717, 1.165) is 12.0 Å². The zero-order valence-corrected chi connectivity index (χ0v) is 4.62. The molecule has 0 aliphatic carbocycles. The Kier molecular flexibility index (Phi) is 3.53. The molecule has 0 fully saturated rings. The smallest absolute Gasteiger partial charge is 0.374 e. The molecule has 0 aromatic heterocycles. The van der Waals surface area contributed by atoms with Gasteiger partial charge in [-0.3, -0.25) is 5.43 Å². The van der Waals surface area contributed by atoms with Gasteiger partial charge in [-0.15, -0.1) is 0 Å². The SMILES string of the molecule is CSOC(=O)NN. The Bertz CT molecular complexity index is 66.7. The molecule has 0 atom stereocenters. The number of nitrogens with two attached hydrogens (primary N) is 1. The molecule has 0 aliphatic heterocycles. The molecule has 0 heterocycles. The van der Waals surface area contributed by atoms with E-state index in [-0.39, 0.29) is 0 Å². The van der Waals surface area contributed by atoms with Gasteiger partial charge in [-0.1, -0.05) is 0 Å². The number of hydrogen-bond acceptors (Lipinski definition) is 4. The Hall–Kier alpha value is -0.420. The normalized spacial score (nSPS) is 7.71. The van der Waals surface area contributed by atoms with Crippen molar-refractivity contribution in [1.29, 1.82) is 0 Å².